The fraction of sp³-hybridized carbons (Fsp3) is 0.564. The van der Waals surface area contributed by atoms with Crippen molar-refractivity contribution in [2.45, 2.75) is 154 Å². The molecule has 5 rings (SSSR count). The average molecular weight is 739 g/mol. The Morgan fingerprint density at radius 1 is 0.309 bits per heavy atom. The van der Waals surface area contributed by atoms with E-state index in [0.717, 1.165) is 0 Å². The fourth-order valence-electron chi connectivity index (χ4n) is 12.1. The van der Waals surface area contributed by atoms with Crippen molar-refractivity contribution < 1.29 is 0 Å². The number of rotatable bonds is 14. The third-order valence-electron chi connectivity index (χ3n) is 13.6. The van der Waals surface area contributed by atoms with Gasteiger partial charge in [-0.1, -0.05) is 195 Å². The molecule has 0 bridgehead atoms. The summed E-state index contributed by atoms with van der Waals surface area (Å²) >= 11 is 0. The largest absolute Gasteiger partial charge is 0.0714 e. The molecule has 0 N–H and O–H groups in total. The van der Waals surface area contributed by atoms with Gasteiger partial charge in [-0.15, -0.1) is 0 Å². The summed E-state index contributed by atoms with van der Waals surface area (Å²) in [6.07, 6.45) is 0. The van der Waals surface area contributed by atoms with Gasteiger partial charge in [-0.3, -0.25) is 0 Å². The van der Waals surface area contributed by atoms with Crippen LogP contribution in [0.25, 0.3) is 11.1 Å². The number of hydrogen-bond donors (Lipinski definition) is 0. The second-order valence-electron chi connectivity index (χ2n) is 20.7. The molecule has 4 aromatic rings. The zero-order valence-corrected chi connectivity index (χ0v) is 38.4. The molecule has 0 atom stereocenters. The molecule has 0 saturated carbocycles. The van der Waals surface area contributed by atoms with Gasteiger partial charge in [0.25, 0.3) is 0 Å². The van der Waals surface area contributed by atoms with E-state index in [-0.39, 0.29) is 0 Å². The molecule has 0 aliphatic heterocycles. The Morgan fingerprint density at radius 2 is 0.545 bits per heavy atom. The predicted molar refractivity (Wildman–Crippen MR) is 243 cm³/mol. The molecule has 0 aromatic heterocycles. The van der Waals surface area contributed by atoms with Crippen LogP contribution >= 0.6 is 0 Å². The minimum atomic E-state index is -0.466. The summed E-state index contributed by atoms with van der Waals surface area (Å²) in [6.45, 7) is 43.6. The lowest BCUT2D eigenvalue weighted by molar-refractivity contribution is 0.377. The van der Waals surface area contributed by atoms with Crippen molar-refractivity contribution in [1.82, 2.24) is 0 Å². The Bertz CT molecular complexity index is 1670. The molecule has 0 saturated heterocycles. The standard InChI is InChI=1S/C55H78/c1-31(2)51(32(3)4)41-25-42(52(33(5)6)34(7)8)28-45(27-41)55(49-23-39(17)19-21-47(49)48-22-20-40(18)24-50(48)55)46-29-43(53(35(9)10)36(11)12)26-44(30-46)54(37(13)14)38(15)16/h19-38,51-54H,1-18H3. The van der Waals surface area contributed by atoms with Crippen LogP contribution in [-0.4, -0.2) is 0 Å². The predicted octanol–water partition coefficient (Wildman–Crippen LogP) is 16.2. The highest BCUT2D eigenvalue weighted by Gasteiger charge is 2.48. The van der Waals surface area contributed by atoms with E-state index in [0.29, 0.717) is 71.0 Å². The van der Waals surface area contributed by atoms with Gasteiger partial charge < -0.3 is 0 Å². The van der Waals surface area contributed by atoms with E-state index >= 15 is 0 Å². The molecule has 55 heavy (non-hydrogen) atoms. The lowest BCUT2D eigenvalue weighted by Crippen LogP contribution is -2.31. The minimum Gasteiger partial charge on any atom is -0.0622 e. The zero-order chi connectivity index (χ0) is 40.8. The van der Waals surface area contributed by atoms with E-state index in [1.54, 1.807) is 0 Å². The second-order valence-corrected chi connectivity index (χ2v) is 20.7. The summed E-state index contributed by atoms with van der Waals surface area (Å²) in [5, 5.41) is 0. The van der Waals surface area contributed by atoms with Gasteiger partial charge in [-0.2, -0.15) is 0 Å². The molecule has 4 aromatic carbocycles. The van der Waals surface area contributed by atoms with Crippen LogP contribution < -0.4 is 0 Å². The normalized spacial score (nSPS) is 14.3. The van der Waals surface area contributed by atoms with Gasteiger partial charge in [0, 0.05) is 0 Å². The lowest BCUT2D eigenvalue weighted by Gasteiger charge is -2.39. The molecule has 0 heterocycles. The van der Waals surface area contributed by atoms with E-state index in [2.05, 4.69) is 197 Å². The third kappa shape index (κ3) is 8.05. The maximum Gasteiger partial charge on any atom is 0.0714 e. The molecular weight excluding hydrogens is 661 g/mol. The second kappa shape index (κ2) is 16.8. The van der Waals surface area contributed by atoms with Crippen molar-refractivity contribution in [3.63, 3.8) is 0 Å². The quantitative estimate of drug-likeness (QED) is 0.106. The molecule has 0 amide bonds. The molecule has 0 nitrogen and oxygen atoms in total. The Morgan fingerprint density at radius 3 is 0.764 bits per heavy atom. The smallest absolute Gasteiger partial charge is 0.0622 e. The van der Waals surface area contributed by atoms with Crippen molar-refractivity contribution in [2.75, 3.05) is 0 Å². The van der Waals surface area contributed by atoms with Gasteiger partial charge in [0.2, 0.25) is 0 Å². The molecule has 298 valence electrons. The maximum atomic E-state index is 2.69. The summed E-state index contributed by atoms with van der Waals surface area (Å²) < 4.78 is 0. The van der Waals surface area contributed by atoms with Crippen LogP contribution in [0.2, 0.25) is 0 Å². The van der Waals surface area contributed by atoms with Gasteiger partial charge in [0.15, 0.2) is 0 Å². The summed E-state index contributed by atoms with van der Waals surface area (Å²) in [5.41, 5.74) is 16.8. The number of benzene rings is 4. The van der Waals surface area contributed by atoms with Crippen LogP contribution in [0.1, 0.15) is 190 Å². The molecule has 1 aliphatic carbocycles. The van der Waals surface area contributed by atoms with E-state index in [1.165, 1.54) is 66.8 Å². The van der Waals surface area contributed by atoms with Gasteiger partial charge in [0.05, 0.1) is 5.41 Å². The zero-order valence-electron chi connectivity index (χ0n) is 38.4. The van der Waals surface area contributed by atoms with Gasteiger partial charge in [0.1, 0.15) is 0 Å². The summed E-state index contributed by atoms with van der Waals surface area (Å²) in [5.74, 6) is 6.14. The Balaban J connectivity index is 2.10. The van der Waals surface area contributed by atoms with Crippen LogP contribution in [0.4, 0.5) is 0 Å². The number of hydrogen-bond acceptors (Lipinski definition) is 0. The van der Waals surface area contributed by atoms with Gasteiger partial charge in [-0.05, 0) is 140 Å². The summed E-state index contributed by atoms with van der Waals surface area (Å²) in [6, 6.07) is 30.7. The van der Waals surface area contributed by atoms with E-state index in [4.69, 9.17) is 0 Å². The van der Waals surface area contributed by atoms with Crippen molar-refractivity contribution in [3.05, 3.63) is 128 Å². The molecular formula is C55H78. The highest BCUT2D eigenvalue weighted by Crippen LogP contribution is 2.58. The summed E-state index contributed by atoms with van der Waals surface area (Å²) in [7, 11) is 0. The van der Waals surface area contributed by atoms with Crippen LogP contribution in [0.5, 0.6) is 0 Å². The van der Waals surface area contributed by atoms with Gasteiger partial charge in [-0.25, -0.2) is 0 Å². The first-order valence-electron chi connectivity index (χ1n) is 22.2. The first-order valence-corrected chi connectivity index (χ1v) is 22.2. The van der Waals surface area contributed by atoms with E-state index in [9.17, 15) is 0 Å². The molecule has 0 heteroatoms. The first kappa shape index (κ1) is 43.0. The topological polar surface area (TPSA) is 0 Å². The SMILES string of the molecule is Cc1ccc2c(c1)C(c1cc(C(C(C)C)C(C)C)cc(C(C(C)C)C(C)C)c1)(c1cc(C(C(C)C)C(C)C)cc(C(C(C)C)C(C)C)c1)c1cc(C)ccc1-2. The minimum absolute atomic E-state index is 0.463. The highest BCUT2D eigenvalue weighted by molar-refractivity contribution is 5.87. The first-order chi connectivity index (χ1) is 25.7. The number of aryl methyl sites for hydroxylation is 2. The monoisotopic (exact) mass is 739 g/mol. The van der Waals surface area contributed by atoms with Crippen molar-refractivity contribution >= 4 is 0 Å². The summed E-state index contributed by atoms with van der Waals surface area (Å²) in [4.78, 5) is 0. The maximum absolute atomic E-state index is 2.69. The molecule has 0 unspecified atom stereocenters. The fourth-order valence-corrected chi connectivity index (χ4v) is 12.1. The Labute approximate surface area is 339 Å². The molecule has 0 spiro atoms. The van der Waals surface area contributed by atoms with E-state index < -0.39 is 5.41 Å². The third-order valence-corrected chi connectivity index (χ3v) is 13.6. The van der Waals surface area contributed by atoms with Crippen LogP contribution in [-0.2, 0) is 5.41 Å². The molecule has 0 fully saturated rings. The van der Waals surface area contributed by atoms with Gasteiger partial charge >= 0.3 is 0 Å². The Kier molecular flexibility index (Phi) is 13.1. The van der Waals surface area contributed by atoms with Crippen LogP contribution in [0.15, 0.2) is 72.8 Å². The van der Waals surface area contributed by atoms with Crippen LogP contribution in [0.3, 0.4) is 0 Å². The van der Waals surface area contributed by atoms with Crippen molar-refractivity contribution in [1.29, 1.82) is 0 Å². The highest BCUT2D eigenvalue weighted by atomic mass is 14.5. The van der Waals surface area contributed by atoms with Crippen molar-refractivity contribution in [3.8, 4) is 11.1 Å². The van der Waals surface area contributed by atoms with Crippen molar-refractivity contribution in [2.24, 2.45) is 47.3 Å². The average Bonchev–Trinajstić information content (AvgIpc) is 3.32. The Hall–Kier alpha value is -3.12. The lowest BCUT2D eigenvalue weighted by atomic mass is 9.63. The molecule has 0 radical (unpaired) electrons. The van der Waals surface area contributed by atoms with E-state index in [1.807, 2.05) is 0 Å². The van der Waals surface area contributed by atoms with Crippen LogP contribution in [0, 0.1) is 61.2 Å². The number of fused-ring (bicyclic) bond motifs is 3. The molecule has 1 aliphatic rings.